The van der Waals surface area contributed by atoms with Crippen molar-refractivity contribution >= 4 is 0 Å². The van der Waals surface area contributed by atoms with E-state index in [1.807, 2.05) is 0 Å². The van der Waals surface area contributed by atoms with Crippen LogP contribution in [0.15, 0.2) is 30.3 Å². The zero-order valence-corrected chi connectivity index (χ0v) is 16.1. The summed E-state index contributed by atoms with van der Waals surface area (Å²) in [6.45, 7) is 5.85. The number of hydrogen-bond acceptors (Lipinski definition) is 1. The Labute approximate surface area is 155 Å². The van der Waals surface area contributed by atoms with Crippen molar-refractivity contribution in [1.82, 2.24) is 0 Å². The van der Waals surface area contributed by atoms with Crippen LogP contribution in [-0.2, 0) is 38.1 Å². The molecule has 4 aliphatic rings. The van der Waals surface area contributed by atoms with Gasteiger partial charge >= 0.3 is 0 Å². The van der Waals surface area contributed by atoms with E-state index in [4.69, 9.17) is 5.73 Å². The Kier molecular flexibility index (Phi) is 6.08. The van der Waals surface area contributed by atoms with Gasteiger partial charge in [-0.3, -0.25) is 0 Å². The van der Waals surface area contributed by atoms with Gasteiger partial charge in [0.05, 0.1) is 0 Å². The molecule has 0 amide bonds. The fourth-order valence-corrected chi connectivity index (χ4v) is 5.70. The molecule has 4 aliphatic carbocycles. The molecule has 1 radical (unpaired) electrons. The van der Waals surface area contributed by atoms with E-state index in [-0.39, 0.29) is 32.7 Å². The maximum absolute atomic E-state index is 6.32. The Morgan fingerprint density at radius 3 is 1.86 bits per heavy atom. The molecule has 0 spiro atoms. The fraction of sp³-hybridized carbons (Fsp3) is 0.632. The minimum atomic E-state index is 0. The van der Waals surface area contributed by atoms with Crippen LogP contribution >= 0.6 is 0 Å². The van der Waals surface area contributed by atoms with Gasteiger partial charge in [0, 0.05) is 44.7 Å². The van der Waals surface area contributed by atoms with Gasteiger partial charge in [-0.2, -0.15) is 6.92 Å². The molecule has 2 N–H and O–H groups in total. The zero-order chi connectivity index (χ0) is 14.2. The van der Waals surface area contributed by atoms with Gasteiger partial charge < -0.3 is 12.7 Å². The van der Waals surface area contributed by atoms with Gasteiger partial charge in [0.2, 0.25) is 0 Å². The number of benzene rings is 1. The van der Waals surface area contributed by atoms with Crippen molar-refractivity contribution in [1.29, 1.82) is 0 Å². The molecule has 4 saturated carbocycles. The second-order valence-electron chi connectivity index (χ2n) is 6.91. The molecule has 1 aromatic rings. The first-order valence-corrected chi connectivity index (χ1v) is 8.29. The van der Waals surface area contributed by atoms with Crippen LogP contribution in [0.4, 0.5) is 0 Å². The van der Waals surface area contributed by atoms with E-state index in [9.17, 15) is 0 Å². The predicted octanol–water partition coefficient (Wildman–Crippen LogP) is 4.18. The Bertz CT molecular complexity index is 414. The molecule has 0 heterocycles. The first kappa shape index (κ1) is 17.6. The Morgan fingerprint density at radius 1 is 0.952 bits per heavy atom. The van der Waals surface area contributed by atoms with E-state index in [1.165, 1.54) is 37.7 Å². The van der Waals surface area contributed by atoms with Crippen LogP contribution < -0.4 is 5.73 Å². The molecule has 1 nitrogen and oxygen atoms in total. The van der Waals surface area contributed by atoms with Gasteiger partial charge in [-0.15, -0.1) is 0 Å². The predicted molar refractivity (Wildman–Crippen MR) is 85.3 cm³/mol. The van der Waals surface area contributed by atoms with E-state index < -0.39 is 0 Å². The average molecular weight is 359 g/mol. The van der Waals surface area contributed by atoms with Crippen LogP contribution in [0.1, 0.15) is 44.6 Å². The summed E-state index contributed by atoms with van der Waals surface area (Å²) in [4.78, 5) is 0. The second-order valence-corrected chi connectivity index (χ2v) is 6.91. The topological polar surface area (TPSA) is 26.0 Å². The summed E-state index contributed by atoms with van der Waals surface area (Å²) in [6, 6.07) is 11.2. The Morgan fingerprint density at radius 2 is 1.43 bits per heavy atom. The maximum Gasteiger partial charge on any atom is 0.0132 e. The summed E-state index contributed by atoms with van der Waals surface area (Å²) in [5.74, 6) is 3.77. The van der Waals surface area contributed by atoms with Crippen molar-refractivity contribution in [3.8, 4) is 0 Å². The molecule has 0 aliphatic heterocycles. The van der Waals surface area contributed by atoms with Crippen LogP contribution in [0.5, 0.6) is 0 Å². The molecule has 4 bridgehead atoms. The van der Waals surface area contributed by atoms with E-state index >= 15 is 0 Å². The molecule has 4 fully saturated rings. The second kappa shape index (κ2) is 7.24. The molecular weight excluding hydrogens is 331 g/mol. The monoisotopic (exact) mass is 359 g/mol. The zero-order valence-electron chi connectivity index (χ0n) is 13.3. The van der Waals surface area contributed by atoms with Crippen LogP contribution in [0.25, 0.3) is 0 Å². The Hall–Kier alpha value is 0.284. The third kappa shape index (κ3) is 2.79. The first-order valence-electron chi connectivity index (χ1n) is 8.29. The van der Waals surface area contributed by atoms with Crippen molar-refractivity contribution in [2.45, 2.75) is 44.4 Å². The molecule has 5 rings (SSSR count). The van der Waals surface area contributed by atoms with Crippen molar-refractivity contribution in [2.24, 2.45) is 29.4 Å². The normalized spacial score (nSPS) is 39.2. The largest absolute Gasteiger partial charge is 0.346 e. The van der Waals surface area contributed by atoms with Gasteiger partial charge in [0.25, 0.3) is 0 Å². The van der Waals surface area contributed by atoms with Crippen LogP contribution in [-0.4, -0.2) is 6.54 Å². The smallest absolute Gasteiger partial charge is 0.0132 e. The van der Waals surface area contributed by atoms with Crippen molar-refractivity contribution in [3.05, 3.63) is 42.8 Å². The molecular formula is C19H28NY-. The summed E-state index contributed by atoms with van der Waals surface area (Å²) in [7, 11) is 0. The molecule has 0 unspecified atom stereocenters. The van der Waals surface area contributed by atoms with Crippen molar-refractivity contribution in [2.75, 3.05) is 6.54 Å². The van der Waals surface area contributed by atoms with Crippen LogP contribution in [0.3, 0.4) is 0 Å². The average Bonchev–Trinajstić information content (AvgIpc) is 2.50. The Balaban J connectivity index is 0.000000517. The van der Waals surface area contributed by atoms with Crippen LogP contribution in [0.2, 0.25) is 0 Å². The molecule has 0 saturated heterocycles. The molecule has 2 heteroatoms. The summed E-state index contributed by atoms with van der Waals surface area (Å²) in [5.41, 5.74) is 8.16. The third-order valence-electron chi connectivity index (χ3n) is 6.24. The number of hydrogen-bond donors (Lipinski definition) is 1. The molecule has 0 atom stereocenters. The number of rotatable bonds is 2. The van der Waals surface area contributed by atoms with E-state index in [1.54, 1.807) is 6.92 Å². The van der Waals surface area contributed by atoms with Crippen molar-refractivity contribution in [3.63, 3.8) is 0 Å². The van der Waals surface area contributed by atoms with Crippen molar-refractivity contribution < 1.29 is 32.7 Å². The fourth-order valence-electron chi connectivity index (χ4n) is 5.70. The molecule has 113 valence electrons. The minimum absolute atomic E-state index is 0. The maximum atomic E-state index is 6.32. The first-order chi connectivity index (χ1) is 9.83. The summed E-state index contributed by atoms with van der Waals surface area (Å²) >= 11 is 0. The van der Waals surface area contributed by atoms with Gasteiger partial charge in [-0.25, -0.2) is 0 Å². The van der Waals surface area contributed by atoms with E-state index in [2.05, 4.69) is 37.3 Å². The molecule has 1 aromatic carbocycles. The molecule has 0 aromatic heterocycles. The van der Waals surface area contributed by atoms with Gasteiger partial charge in [0.15, 0.2) is 0 Å². The van der Waals surface area contributed by atoms with E-state index in [0.29, 0.717) is 5.41 Å². The van der Waals surface area contributed by atoms with Gasteiger partial charge in [-0.05, 0) is 61.3 Å². The van der Waals surface area contributed by atoms with Gasteiger partial charge in [-0.1, -0.05) is 30.3 Å². The SMILES string of the molecule is NCC1(c2ccccc2)C2CC3CC(C2)CC1C3.[CH2-]C.[Y]. The van der Waals surface area contributed by atoms with Crippen LogP contribution in [0, 0.1) is 30.6 Å². The summed E-state index contributed by atoms with van der Waals surface area (Å²) < 4.78 is 0. The number of nitrogens with two attached hydrogens (primary N) is 1. The third-order valence-corrected chi connectivity index (χ3v) is 6.24. The minimum Gasteiger partial charge on any atom is -0.346 e. The summed E-state index contributed by atoms with van der Waals surface area (Å²) in [5, 5.41) is 0. The molecule has 21 heavy (non-hydrogen) atoms. The summed E-state index contributed by atoms with van der Waals surface area (Å²) in [6.07, 6.45) is 7.29. The standard InChI is InChI=1S/C17H23N.C2H5.Y/c18-11-17(14-4-2-1-3-5-14)15-7-12-6-13(9-15)10-16(17)8-12;1-2;/h1-5,12-13,15-16H,6-11,18H2;1H2,2H3;/q;-1;. The van der Waals surface area contributed by atoms with E-state index in [0.717, 1.165) is 30.2 Å². The quantitative estimate of drug-likeness (QED) is 0.788. The van der Waals surface area contributed by atoms with Gasteiger partial charge in [0.1, 0.15) is 0 Å².